The van der Waals surface area contributed by atoms with Crippen molar-refractivity contribution in [1.82, 2.24) is 19.4 Å². The van der Waals surface area contributed by atoms with Crippen LogP contribution in [0.2, 0.25) is 0 Å². The third kappa shape index (κ3) is 3.70. The van der Waals surface area contributed by atoms with E-state index in [1.165, 1.54) is 0 Å². The fourth-order valence-corrected chi connectivity index (χ4v) is 3.45. The standard InChI is InChI=1S/C15H19F3N4O2/c16-15(17,18)9-22-7-11(6-13(22)23)14(24)20-4-1-2-12(8-20)21-5-3-19-10-21/h3,5,10-12H,1-2,4,6-9H2/t11-,12-/m0/s1. The number of imidazole rings is 1. The van der Waals surface area contributed by atoms with Crippen molar-refractivity contribution < 1.29 is 22.8 Å². The Bertz CT molecular complexity index is 602. The van der Waals surface area contributed by atoms with Crippen LogP contribution in [-0.4, -0.2) is 63.5 Å². The number of nitrogens with zero attached hydrogens (tertiary/aromatic N) is 4. The van der Waals surface area contributed by atoms with Crippen molar-refractivity contribution in [2.24, 2.45) is 5.92 Å². The molecule has 24 heavy (non-hydrogen) atoms. The summed E-state index contributed by atoms with van der Waals surface area (Å²) in [6.07, 6.45) is 2.37. The highest BCUT2D eigenvalue weighted by Crippen LogP contribution is 2.28. The van der Waals surface area contributed by atoms with Crippen LogP contribution in [-0.2, 0) is 9.59 Å². The summed E-state index contributed by atoms with van der Waals surface area (Å²) in [5.74, 6) is -1.51. The summed E-state index contributed by atoms with van der Waals surface area (Å²) in [5, 5.41) is 0. The molecule has 2 saturated heterocycles. The molecule has 0 spiro atoms. The van der Waals surface area contributed by atoms with Gasteiger partial charge in [0.25, 0.3) is 0 Å². The van der Waals surface area contributed by atoms with Gasteiger partial charge in [0.15, 0.2) is 0 Å². The molecule has 3 heterocycles. The van der Waals surface area contributed by atoms with Crippen LogP contribution in [0.25, 0.3) is 0 Å². The molecule has 3 rings (SSSR count). The molecule has 2 aliphatic rings. The summed E-state index contributed by atoms with van der Waals surface area (Å²) in [5.41, 5.74) is 0. The van der Waals surface area contributed by atoms with Gasteiger partial charge < -0.3 is 14.4 Å². The fourth-order valence-electron chi connectivity index (χ4n) is 3.45. The summed E-state index contributed by atoms with van der Waals surface area (Å²) < 4.78 is 39.4. The molecule has 0 saturated carbocycles. The first-order valence-electron chi connectivity index (χ1n) is 7.94. The number of hydrogen-bond donors (Lipinski definition) is 0. The maximum absolute atomic E-state index is 12.6. The lowest BCUT2D eigenvalue weighted by atomic mass is 10.0. The van der Waals surface area contributed by atoms with Crippen molar-refractivity contribution in [1.29, 1.82) is 0 Å². The first-order valence-corrected chi connectivity index (χ1v) is 7.94. The second kappa shape index (κ2) is 6.45. The Labute approximate surface area is 137 Å². The van der Waals surface area contributed by atoms with Crippen LogP contribution < -0.4 is 0 Å². The maximum atomic E-state index is 12.6. The zero-order chi connectivity index (χ0) is 17.3. The lowest BCUT2D eigenvalue weighted by Gasteiger charge is -2.34. The van der Waals surface area contributed by atoms with Crippen molar-refractivity contribution in [3.63, 3.8) is 0 Å². The van der Waals surface area contributed by atoms with Crippen LogP contribution in [0.3, 0.4) is 0 Å². The van der Waals surface area contributed by atoms with Crippen LogP contribution in [0.15, 0.2) is 18.7 Å². The highest BCUT2D eigenvalue weighted by Gasteiger charge is 2.42. The number of carbonyl (C=O) groups excluding carboxylic acids is 2. The molecule has 0 radical (unpaired) electrons. The molecule has 2 aliphatic heterocycles. The number of aromatic nitrogens is 2. The average molecular weight is 344 g/mol. The van der Waals surface area contributed by atoms with Crippen LogP contribution in [0, 0.1) is 5.92 Å². The summed E-state index contributed by atoms with van der Waals surface area (Å²) >= 11 is 0. The molecule has 1 aromatic rings. The maximum Gasteiger partial charge on any atom is 0.406 e. The molecule has 0 N–H and O–H groups in total. The third-order valence-electron chi connectivity index (χ3n) is 4.59. The monoisotopic (exact) mass is 344 g/mol. The quantitative estimate of drug-likeness (QED) is 0.834. The van der Waals surface area contributed by atoms with E-state index in [-0.39, 0.29) is 24.9 Å². The molecule has 0 bridgehead atoms. The van der Waals surface area contributed by atoms with E-state index in [4.69, 9.17) is 0 Å². The number of alkyl halides is 3. The van der Waals surface area contributed by atoms with E-state index in [2.05, 4.69) is 4.98 Å². The minimum atomic E-state index is -4.44. The van der Waals surface area contributed by atoms with Gasteiger partial charge in [-0.3, -0.25) is 9.59 Å². The Morgan fingerprint density at radius 1 is 1.33 bits per heavy atom. The van der Waals surface area contributed by atoms with E-state index in [0.29, 0.717) is 13.1 Å². The zero-order valence-electron chi connectivity index (χ0n) is 13.1. The molecule has 0 unspecified atom stereocenters. The minimum absolute atomic E-state index is 0.119. The smallest absolute Gasteiger partial charge is 0.340 e. The van der Waals surface area contributed by atoms with Gasteiger partial charge in [-0.2, -0.15) is 13.2 Å². The van der Waals surface area contributed by atoms with Crippen LogP contribution in [0.1, 0.15) is 25.3 Å². The lowest BCUT2D eigenvalue weighted by Crippen LogP contribution is -2.44. The molecule has 0 aliphatic carbocycles. The zero-order valence-corrected chi connectivity index (χ0v) is 13.1. The summed E-state index contributed by atoms with van der Waals surface area (Å²) in [4.78, 5) is 30.8. The molecule has 2 amide bonds. The second-order valence-electron chi connectivity index (χ2n) is 6.38. The van der Waals surface area contributed by atoms with Gasteiger partial charge >= 0.3 is 6.18 Å². The van der Waals surface area contributed by atoms with Gasteiger partial charge in [0.1, 0.15) is 6.54 Å². The van der Waals surface area contributed by atoms with Crippen molar-refractivity contribution in [3.8, 4) is 0 Å². The number of carbonyl (C=O) groups is 2. The van der Waals surface area contributed by atoms with Gasteiger partial charge in [-0.25, -0.2) is 4.98 Å². The predicted molar refractivity (Wildman–Crippen MR) is 77.8 cm³/mol. The molecule has 9 heteroatoms. The molecule has 0 aromatic carbocycles. The highest BCUT2D eigenvalue weighted by molar-refractivity contribution is 5.89. The Morgan fingerprint density at radius 2 is 2.12 bits per heavy atom. The van der Waals surface area contributed by atoms with Gasteiger partial charge in [-0.15, -0.1) is 0 Å². The Morgan fingerprint density at radius 3 is 2.79 bits per heavy atom. The van der Waals surface area contributed by atoms with Crippen molar-refractivity contribution >= 4 is 11.8 Å². The van der Waals surface area contributed by atoms with E-state index < -0.39 is 24.5 Å². The number of hydrogen-bond acceptors (Lipinski definition) is 3. The normalized spacial score (nSPS) is 25.4. The summed E-state index contributed by atoms with van der Waals surface area (Å²) in [6.45, 7) is -0.357. The number of halogens is 3. The van der Waals surface area contributed by atoms with Gasteiger partial charge in [-0.05, 0) is 12.8 Å². The fraction of sp³-hybridized carbons (Fsp3) is 0.667. The van der Waals surface area contributed by atoms with Gasteiger partial charge in [-0.1, -0.05) is 0 Å². The highest BCUT2D eigenvalue weighted by atomic mass is 19.4. The van der Waals surface area contributed by atoms with Crippen LogP contribution >= 0.6 is 0 Å². The Kier molecular flexibility index (Phi) is 4.51. The largest absolute Gasteiger partial charge is 0.406 e. The molecule has 1 aromatic heterocycles. The SMILES string of the molecule is O=C1C[C@H](C(=O)N2CCC[C@H](n3ccnc3)C2)CN1CC(F)(F)F. The van der Waals surface area contributed by atoms with Crippen molar-refractivity contribution in [3.05, 3.63) is 18.7 Å². The molecule has 132 valence electrons. The van der Waals surface area contributed by atoms with E-state index in [1.807, 2.05) is 10.8 Å². The topological polar surface area (TPSA) is 58.4 Å². The molecular formula is C15H19F3N4O2. The van der Waals surface area contributed by atoms with Crippen molar-refractivity contribution in [2.45, 2.75) is 31.5 Å². The minimum Gasteiger partial charge on any atom is -0.340 e. The molecular weight excluding hydrogens is 325 g/mol. The van der Waals surface area contributed by atoms with Crippen molar-refractivity contribution in [2.75, 3.05) is 26.2 Å². The van der Waals surface area contributed by atoms with E-state index in [9.17, 15) is 22.8 Å². The lowest BCUT2D eigenvalue weighted by molar-refractivity contribution is -0.157. The van der Waals surface area contributed by atoms with Gasteiger partial charge in [0, 0.05) is 38.4 Å². The number of piperidine rings is 1. The molecule has 6 nitrogen and oxygen atoms in total. The first-order chi connectivity index (χ1) is 11.3. The third-order valence-corrected chi connectivity index (χ3v) is 4.59. The van der Waals surface area contributed by atoms with Gasteiger partial charge in [0.05, 0.1) is 18.3 Å². The predicted octanol–water partition coefficient (Wildman–Crippen LogP) is 1.46. The Hall–Kier alpha value is -2.06. The van der Waals surface area contributed by atoms with E-state index in [1.54, 1.807) is 17.4 Å². The Balaban J connectivity index is 1.61. The number of rotatable bonds is 3. The number of amides is 2. The van der Waals surface area contributed by atoms with E-state index >= 15 is 0 Å². The summed E-state index contributed by atoms with van der Waals surface area (Å²) in [7, 11) is 0. The molecule has 2 fully saturated rings. The summed E-state index contributed by atoms with van der Waals surface area (Å²) in [6, 6.07) is 0.119. The second-order valence-corrected chi connectivity index (χ2v) is 6.38. The van der Waals surface area contributed by atoms with Crippen LogP contribution in [0.5, 0.6) is 0 Å². The average Bonchev–Trinajstić information content (AvgIpc) is 3.16. The first kappa shape index (κ1) is 16.8. The molecule has 2 atom stereocenters. The number of likely N-dealkylation sites (tertiary alicyclic amines) is 2. The van der Waals surface area contributed by atoms with Crippen LogP contribution in [0.4, 0.5) is 13.2 Å². The van der Waals surface area contributed by atoms with Gasteiger partial charge in [0.2, 0.25) is 11.8 Å². The van der Waals surface area contributed by atoms with E-state index in [0.717, 1.165) is 17.7 Å².